The van der Waals surface area contributed by atoms with Crippen molar-refractivity contribution in [1.82, 2.24) is 0 Å². The molecule has 1 aliphatic rings. The van der Waals surface area contributed by atoms with Gasteiger partial charge in [-0.1, -0.05) is 49.4 Å². The van der Waals surface area contributed by atoms with E-state index in [-0.39, 0.29) is 17.2 Å². The Labute approximate surface area is 112 Å². The van der Waals surface area contributed by atoms with Crippen molar-refractivity contribution in [1.29, 1.82) is 0 Å². The summed E-state index contributed by atoms with van der Waals surface area (Å²) < 4.78 is 13.6. The summed E-state index contributed by atoms with van der Waals surface area (Å²) in [5.41, 5.74) is 0.416. The van der Waals surface area contributed by atoms with Crippen LogP contribution < -0.4 is 0 Å². The third-order valence-corrected chi connectivity index (χ3v) is 4.02. The number of carbonyl (C=O) groups is 1. The van der Waals surface area contributed by atoms with E-state index >= 15 is 0 Å². The van der Waals surface area contributed by atoms with Crippen LogP contribution in [0.15, 0.2) is 18.2 Å². The van der Waals surface area contributed by atoms with Gasteiger partial charge >= 0.3 is 0 Å². The van der Waals surface area contributed by atoms with Crippen LogP contribution in [0.25, 0.3) is 0 Å². The number of carbonyl (C=O) groups excluding carboxylic acids is 1. The van der Waals surface area contributed by atoms with Crippen molar-refractivity contribution in [2.24, 2.45) is 5.92 Å². The summed E-state index contributed by atoms with van der Waals surface area (Å²) >= 11 is 5.69. The molecule has 3 heteroatoms. The molecule has 1 aromatic rings. The van der Waals surface area contributed by atoms with E-state index in [9.17, 15) is 9.18 Å². The lowest BCUT2D eigenvalue weighted by molar-refractivity contribution is -0.118. The van der Waals surface area contributed by atoms with Gasteiger partial charge in [0.25, 0.3) is 0 Å². The van der Waals surface area contributed by atoms with Crippen LogP contribution in [0.3, 0.4) is 0 Å². The van der Waals surface area contributed by atoms with Gasteiger partial charge in [-0.2, -0.15) is 0 Å². The molecule has 0 spiro atoms. The number of ketones is 1. The lowest BCUT2D eigenvalue weighted by Gasteiger charge is -2.08. The fourth-order valence-corrected chi connectivity index (χ4v) is 2.84. The Morgan fingerprint density at radius 2 is 2.06 bits per heavy atom. The number of benzene rings is 1. The van der Waals surface area contributed by atoms with Crippen molar-refractivity contribution in [2.75, 3.05) is 0 Å². The van der Waals surface area contributed by atoms with Crippen molar-refractivity contribution in [3.8, 4) is 0 Å². The maximum Gasteiger partial charge on any atom is 0.145 e. The molecule has 1 saturated carbocycles. The molecule has 0 atom stereocenters. The Bertz CT molecular complexity index is 425. The van der Waals surface area contributed by atoms with E-state index in [1.165, 1.54) is 31.7 Å². The zero-order chi connectivity index (χ0) is 13.0. The van der Waals surface area contributed by atoms with E-state index in [2.05, 4.69) is 0 Å². The van der Waals surface area contributed by atoms with E-state index in [1.807, 2.05) is 0 Å². The van der Waals surface area contributed by atoms with Crippen LogP contribution in [0, 0.1) is 11.7 Å². The fourth-order valence-electron chi connectivity index (χ4n) is 2.65. The summed E-state index contributed by atoms with van der Waals surface area (Å²) in [7, 11) is 0. The van der Waals surface area contributed by atoms with Crippen LogP contribution >= 0.6 is 11.6 Å². The smallest absolute Gasteiger partial charge is 0.145 e. The number of halogens is 2. The highest BCUT2D eigenvalue weighted by molar-refractivity contribution is 6.30. The molecule has 0 aromatic heterocycles. The zero-order valence-corrected chi connectivity index (χ0v) is 11.2. The summed E-state index contributed by atoms with van der Waals surface area (Å²) in [4.78, 5) is 11.8. The first-order valence-electron chi connectivity index (χ1n) is 6.61. The molecule has 0 unspecified atom stereocenters. The van der Waals surface area contributed by atoms with Gasteiger partial charge in [-0.3, -0.25) is 4.79 Å². The summed E-state index contributed by atoms with van der Waals surface area (Å²) in [6.07, 6.45) is 6.78. The Morgan fingerprint density at radius 3 is 2.78 bits per heavy atom. The lowest BCUT2D eigenvalue weighted by atomic mass is 9.97. The number of rotatable bonds is 5. The van der Waals surface area contributed by atoms with Gasteiger partial charge in [0.15, 0.2) is 0 Å². The third-order valence-electron chi connectivity index (χ3n) is 3.73. The van der Waals surface area contributed by atoms with E-state index in [4.69, 9.17) is 11.6 Å². The SMILES string of the molecule is O=C(CCC1CCCC1)Cc1cccc(Cl)c1F. The highest BCUT2D eigenvalue weighted by atomic mass is 35.5. The zero-order valence-electron chi connectivity index (χ0n) is 10.4. The standard InChI is InChI=1S/C15H18ClFO/c16-14-7-3-6-12(15(14)17)10-13(18)9-8-11-4-1-2-5-11/h3,6-7,11H,1-2,4-5,8-10H2. The van der Waals surface area contributed by atoms with Crippen molar-refractivity contribution in [2.45, 2.75) is 44.9 Å². The molecule has 0 aliphatic heterocycles. The van der Waals surface area contributed by atoms with Gasteiger partial charge < -0.3 is 0 Å². The topological polar surface area (TPSA) is 17.1 Å². The second-order valence-corrected chi connectivity index (χ2v) is 5.52. The highest BCUT2D eigenvalue weighted by Crippen LogP contribution is 2.28. The van der Waals surface area contributed by atoms with Crippen LogP contribution in [0.4, 0.5) is 4.39 Å². The summed E-state index contributed by atoms with van der Waals surface area (Å²) in [6, 6.07) is 4.82. The lowest BCUT2D eigenvalue weighted by Crippen LogP contribution is -2.07. The normalized spacial score (nSPS) is 16.1. The van der Waals surface area contributed by atoms with Gasteiger partial charge in [-0.25, -0.2) is 4.39 Å². The molecule has 0 saturated heterocycles. The first-order valence-corrected chi connectivity index (χ1v) is 6.99. The predicted octanol–water partition coefficient (Wildman–Crippen LogP) is 4.56. The average Bonchev–Trinajstić information content (AvgIpc) is 2.86. The average molecular weight is 269 g/mol. The van der Waals surface area contributed by atoms with Crippen molar-refractivity contribution in [3.05, 3.63) is 34.6 Å². The van der Waals surface area contributed by atoms with E-state index < -0.39 is 5.82 Å². The Morgan fingerprint density at radius 1 is 1.33 bits per heavy atom. The molecule has 1 aliphatic carbocycles. The second-order valence-electron chi connectivity index (χ2n) is 5.12. The molecule has 2 rings (SSSR count). The minimum absolute atomic E-state index is 0.0936. The monoisotopic (exact) mass is 268 g/mol. The molecule has 1 aromatic carbocycles. The Kier molecular flexibility index (Phi) is 4.76. The van der Waals surface area contributed by atoms with Crippen molar-refractivity contribution < 1.29 is 9.18 Å². The molecule has 1 nitrogen and oxygen atoms in total. The van der Waals surface area contributed by atoms with Crippen LogP contribution in [-0.4, -0.2) is 5.78 Å². The minimum atomic E-state index is -0.451. The number of hydrogen-bond acceptors (Lipinski definition) is 1. The molecule has 0 radical (unpaired) electrons. The largest absolute Gasteiger partial charge is 0.299 e. The minimum Gasteiger partial charge on any atom is -0.299 e. The van der Waals surface area contributed by atoms with Gasteiger partial charge in [0.2, 0.25) is 0 Å². The highest BCUT2D eigenvalue weighted by Gasteiger charge is 2.17. The molecule has 1 fully saturated rings. The fraction of sp³-hybridized carbons (Fsp3) is 0.533. The van der Waals surface area contributed by atoms with Crippen LogP contribution in [0.5, 0.6) is 0 Å². The maximum absolute atomic E-state index is 13.6. The van der Waals surface area contributed by atoms with E-state index in [1.54, 1.807) is 12.1 Å². The predicted molar refractivity (Wildman–Crippen MR) is 71.3 cm³/mol. The summed E-state index contributed by atoms with van der Waals surface area (Å²) in [5.74, 6) is 0.370. The van der Waals surface area contributed by atoms with Gasteiger partial charge in [-0.05, 0) is 24.0 Å². The first kappa shape index (κ1) is 13.5. The van der Waals surface area contributed by atoms with Gasteiger partial charge in [0.1, 0.15) is 11.6 Å². The van der Waals surface area contributed by atoms with E-state index in [0.29, 0.717) is 17.9 Å². The molecule has 18 heavy (non-hydrogen) atoms. The van der Waals surface area contributed by atoms with Crippen LogP contribution in [-0.2, 0) is 11.2 Å². The van der Waals surface area contributed by atoms with Crippen LogP contribution in [0.1, 0.15) is 44.1 Å². The quantitative estimate of drug-likeness (QED) is 0.765. The first-order chi connectivity index (χ1) is 8.66. The molecule has 0 amide bonds. The summed E-state index contributed by atoms with van der Waals surface area (Å²) in [6.45, 7) is 0. The Balaban J connectivity index is 1.84. The molecule has 0 bridgehead atoms. The number of Topliss-reactive ketones (excluding diaryl/α,β-unsaturated/α-hetero) is 1. The summed E-state index contributed by atoms with van der Waals surface area (Å²) in [5, 5.41) is 0.0936. The van der Waals surface area contributed by atoms with Gasteiger partial charge in [0.05, 0.1) is 5.02 Å². The van der Waals surface area contributed by atoms with Crippen molar-refractivity contribution >= 4 is 17.4 Å². The maximum atomic E-state index is 13.6. The van der Waals surface area contributed by atoms with Gasteiger partial charge in [-0.15, -0.1) is 0 Å². The molecular weight excluding hydrogens is 251 g/mol. The second kappa shape index (κ2) is 6.33. The number of hydrogen-bond donors (Lipinski definition) is 0. The molecule has 98 valence electrons. The van der Waals surface area contributed by atoms with E-state index in [0.717, 1.165) is 6.42 Å². The molecular formula is C15H18ClFO. The van der Waals surface area contributed by atoms with Crippen molar-refractivity contribution in [3.63, 3.8) is 0 Å². The molecule has 0 heterocycles. The van der Waals surface area contributed by atoms with Gasteiger partial charge in [0, 0.05) is 12.8 Å². The van der Waals surface area contributed by atoms with Crippen LogP contribution in [0.2, 0.25) is 5.02 Å². The third kappa shape index (κ3) is 3.55. The molecule has 0 N–H and O–H groups in total. The Hall–Kier alpha value is -0.890.